The van der Waals surface area contributed by atoms with Crippen LogP contribution in [0.1, 0.15) is 35.3 Å². The number of hydrogen-bond acceptors (Lipinski definition) is 3. The van der Waals surface area contributed by atoms with Gasteiger partial charge in [0.25, 0.3) is 5.91 Å². The van der Waals surface area contributed by atoms with E-state index in [0.29, 0.717) is 25.1 Å². The lowest BCUT2D eigenvalue weighted by Gasteiger charge is -2.38. The summed E-state index contributed by atoms with van der Waals surface area (Å²) < 4.78 is 0. The van der Waals surface area contributed by atoms with Gasteiger partial charge in [0, 0.05) is 19.8 Å². The molecule has 0 aliphatic carbocycles. The maximum Gasteiger partial charge on any atom is 0.270 e. The largest absolute Gasteiger partial charge is 0.388 e. The first-order valence-electron chi connectivity index (χ1n) is 6.81. The van der Waals surface area contributed by atoms with E-state index in [4.69, 9.17) is 0 Å². The van der Waals surface area contributed by atoms with Gasteiger partial charge in [-0.25, -0.2) is 0 Å². The molecule has 20 heavy (non-hydrogen) atoms. The van der Waals surface area contributed by atoms with Gasteiger partial charge >= 0.3 is 0 Å². The predicted molar refractivity (Wildman–Crippen MR) is 74.3 cm³/mol. The minimum absolute atomic E-state index is 0.0248. The molecule has 1 aliphatic heterocycles. The molecule has 6 heteroatoms. The fourth-order valence-electron chi connectivity index (χ4n) is 2.65. The number of carbonyl (C=O) groups is 2. The molecule has 1 unspecified atom stereocenters. The number of nitrogens with zero attached hydrogens (tertiary/aromatic N) is 1. The van der Waals surface area contributed by atoms with Gasteiger partial charge in [-0.15, -0.1) is 0 Å². The van der Waals surface area contributed by atoms with E-state index in [-0.39, 0.29) is 24.8 Å². The maximum atomic E-state index is 12.4. The molecule has 1 aliphatic rings. The number of carbonyl (C=O) groups excluding carboxylic acids is 2. The third kappa shape index (κ3) is 3.01. The summed E-state index contributed by atoms with van der Waals surface area (Å²) in [5.74, 6) is -0.333. The minimum Gasteiger partial charge on any atom is -0.388 e. The van der Waals surface area contributed by atoms with Crippen LogP contribution in [0.2, 0.25) is 0 Å². The SMILES string of the molecule is CNC(=O)CC1(O)CCCN(C(=O)c2[nH]ccc2C)C1. The summed E-state index contributed by atoms with van der Waals surface area (Å²) in [6, 6.07) is 1.84. The molecule has 0 saturated carbocycles. The molecular weight excluding hydrogens is 258 g/mol. The molecule has 110 valence electrons. The Labute approximate surface area is 118 Å². The minimum atomic E-state index is -1.13. The number of nitrogens with one attached hydrogen (secondary N) is 2. The molecule has 2 amide bonds. The molecule has 1 saturated heterocycles. The van der Waals surface area contributed by atoms with Crippen LogP contribution in [-0.2, 0) is 4.79 Å². The molecule has 1 aromatic heterocycles. The highest BCUT2D eigenvalue weighted by Gasteiger charge is 2.37. The van der Waals surface area contributed by atoms with E-state index >= 15 is 0 Å². The number of H-pyrrole nitrogens is 1. The third-order valence-corrected chi connectivity index (χ3v) is 3.78. The van der Waals surface area contributed by atoms with Gasteiger partial charge < -0.3 is 20.3 Å². The van der Waals surface area contributed by atoms with Crippen LogP contribution >= 0.6 is 0 Å². The molecule has 0 spiro atoms. The Morgan fingerprint density at radius 1 is 1.55 bits per heavy atom. The Balaban J connectivity index is 2.09. The van der Waals surface area contributed by atoms with Gasteiger partial charge in [0.1, 0.15) is 5.69 Å². The summed E-state index contributed by atoms with van der Waals surface area (Å²) in [6.45, 7) is 2.66. The molecule has 2 heterocycles. The Kier molecular flexibility index (Phi) is 4.13. The second kappa shape index (κ2) is 5.66. The van der Waals surface area contributed by atoms with Gasteiger partial charge in [-0.2, -0.15) is 0 Å². The van der Waals surface area contributed by atoms with Crippen LogP contribution in [0.4, 0.5) is 0 Å². The first kappa shape index (κ1) is 14.6. The smallest absolute Gasteiger partial charge is 0.270 e. The molecule has 0 radical (unpaired) electrons. The van der Waals surface area contributed by atoms with Crippen LogP contribution in [-0.4, -0.2) is 52.5 Å². The molecule has 1 fully saturated rings. The molecule has 0 aromatic carbocycles. The van der Waals surface area contributed by atoms with E-state index in [2.05, 4.69) is 10.3 Å². The number of piperidine rings is 1. The van der Waals surface area contributed by atoms with Gasteiger partial charge in [0.2, 0.25) is 5.91 Å². The van der Waals surface area contributed by atoms with E-state index in [0.717, 1.165) is 5.56 Å². The van der Waals surface area contributed by atoms with Crippen molar-refractivity contribution in [3.63, 3.8) is 0 Å². The Morgan fingerprint density at radius 2 is 2.30 bits per heavy atom. The standard InChI is InChI=1S/C14H21N3O3/c1-10-4-6-16-12(10)13(19)17-7-3-5-14(20,9-17)8-11(18)15-2/h4,6,16,20H,3,5,7-9H2,1-2H3,(H,15,18). The number of aromatic amines is 1. The summed E-state index contributed by atoms with van der Waals surface area (Å²) >= 11 is 0. The van der Waals surface area contributed by atoms with Crippen molar-refractivity contribution < 1.29 is 14.7 Å². The van der Waals surface area contributed by atoms with E-state index in [1.807, 2.05) is 13.0 Å². The molecule has 0 bridgehead atoms. The molecule has 6 nitrogen and oxygen atoms in total. The van der Waals surface area contributed by atoms with Gasteiger partial charge in [0.05, 0.1) is 18.6 Å². The summed E-state index contributed by atoms with van der Waals surface area (Å²) in [6.07, 6.45) is 2.98. The van der Waals surface area contributed by atoms with E-state index in [1.54, 1.807) is 18.1 Å². The first-order valence-corrected chi connectivity index (χ1v) is 6.81. The highest BCUT2D eigenvalue weighted by Crippen LogP contribution is 2.25. The number of β-amino-alcohol motifs (C(OH)–C–C–N with tert-alkyl or cyclic N) is 1. The molecule has 1 atom stereocenters. The average molecular weight is 279 g/mol. The highest BCUT2D eigenvalue weighted by molar-refractivity contribution is 5.94. The van der Waals surface area contributed by atoms with Crippen molar-refractivity contribution in [2.24, 2.45) is 0 Å². The second-order valence-corrected chi connectivity index (χ2v) is 5.44. The second-order valence-electron chi connectivity index (χ2n) is 5.44. The van der Waals surface area contributed by atoms with Gasteiger partial charge in [0.15, 0.2) is 0 Å². The van der Waals surface area contributed by atoms with Crippen molar-refractivity contribution in [1.82, 2.24) is 15.2 Å². The first-order chi connectivity index (χ1) is 9.45. The quantitative estimate of drug-likeness (QED) is 0.750. The zero-order valence-corrected chi connectivity index (χ0v) is 11.9. The van der Waals surface area contributed by atoms with Crippen LogP contribution < -0.4 is 5.32 Å². The monoisotopic (exact) mass is 279 g/mol. The van der Waals surface area contributed by atoms with Crippen LogP contribution in [0.5, 0.6) is 0 Å². The Bertz CT molecular complexity index is 512. The number of aliphatic hydroxyl groups is 1. The fourth-order valence-corrected chi connectivity index (χ4v) is 2.65. The van der Waals surface area contributed by atoms with Crippen molar-refractivity contribution >= 4 is 11.8 Å². The lowest BCUT2D eigenvalue weighted by molar-refractivity contribution is -0.127. The van der Waals surface area contributed by atoms with Gasteiger partial charge in [-0.05, 0) is 31.4 Å². The van der Waals surface area contributed by atoms with Crippen molar-refractivity contribution in [1.29, 1.82) is 0 Å². The molecule has 3 N–H and O–H groups in total. The van der Waals surface area contributed by atoms with Crippen LogP contribution in [0, 0.1) is 6.92 Å². The number of hydrogen-bond donors (Lipinski definition) is 3. The summed E-state index contributed by atoms with van der Waals surface area (Å²) in [4.78, 5) is 28.4. The zero-order valence-electron chi connectivity index (χ0n) is 11.9. The third-order valence-electron chi connectivity index (χ3n) is 3.78. The van der Waals surface area contributed by atoms with Crippen molar-refractivity contribution in [2.75, 3.05) is 20.1 Å². The van der Waals surface area contributed by atoms with Crippen molar-refractivity contribution in [2.45, 2.75) is 31.8 Å². The number of likely N-dealkylation sites (tertiary alicyclic amines) is 1. The molecular formula is C14H21N3O3. The van der Waals surface area contributed by atoms with E-state index < -0.39 is 5.60 Å². The summed E-state index contributed by atoms with van der Waals surface area (Å²) in [7, 11) is 1.54. The highest BCUT2D eigenvalue weighted by atomic mass is 16.3. The number of amides is 2. The number of aromatic nitrogens is 1. The van der Waals surface area contributed by atoms with Crippen molar-refractivity contribution in [3.05, 3.63) is 23.5 Å². The Hall–Kier alpha value is -1.82. The molecule has 2 rings (SSSR count). The fraction of sp³-hybridized carbons (Fsp3) is 0.571. The Morgan fingerprint density at radius 3 is 2.90 bits per heavy atom. The number of rotatable bonds is 3. The van der Waals surface area contributed by atoms with Crippen LogP contribution in [0.15, 0.2) is 12.3 Å². The normalized spacial score (nSPS) is 22.6. The average Bonchev–Trinajstić information content (AvgIpc) is 2.83. The lowest BCUT2D eigenvalue weighted by atomic mass is 9.89. The topological polar surface area (TPSA) is 85.4 Å². The van der Waals surface area contributed by atoms with Crippen LogP contribution in [0.3, 0.4) is 0 Å². The lowest BCUT2D eigenvalue weighted by Crippen LogP contribution is -2.52. The maximum absolute atomic E-state index is 12.4. The van der Waals surface area contributed by atoms with Gasteiger partial charge in [-0.1, -0.05) is 0 Å². The van der Waals surface area contributed by atoms with Crippen molar-refractivity contribution in [3.8, 4) is 0 Å². The van der Waals surface area contributed by atoms with E-state index in [9.17, 15) is 14.7 Å². The number of aryl methyl sites for hydroxylation is 1. The van der Waals surface area contributed by atoms with E-state index in [1.165, 1.54) is 0 Å². The summed E-state index contributed by atoms with van der Waals surface area (Å²) in [5, 5.41) is 13.0. The zero-order chi connectivity index (χ0) is 14.8. The van der Waals surface area contributed by atoms with Gasteiger partial charge in [-0.3, -0.25) is 9.59 Å². The molecule has 1 aromatic rings. The predicted octanol–water partition coefficient (Wildman–Crippen LogP) is 0.426. The van der Waals surface area contributed by atoms with Crippen LogP contribution in [0.25, 0.3) is 0 Å². The summed E-state index contributed by atoms with van der Waals surface area (Å²) in [5.41, 5.74) is 0.304.